The van der Waals surface area contributed by atoms with Crippen molar-refractivity contribution >= 4 is 29.7 Å². The Hall–Kier alpha value is -6.59. The van der Waals surface area contributed by atoms with Crippen molar-refractivity contribution in [2.45, 2.75) is 97.6 Å². The van der Waals surface area contributed by atoms with E-state index >= 15 is 0 Å². The van der Waals surface area contributed by atoms with Crippen LogP contribution in [0.15, 0.2) is 76.4 Å². The van der Waals surface area contributed by atoms with E-state index in [1.165, 1.54) is 35.0 Å². The molecule has 0 unspecified atom stereocenters. The van der Waals surface area contributed by atoms with Crippen LogP contribution in [-0.4, -0.2) is 69.7 Å². The Labute approximate surface area is 362 Å². The van der Waals surface area contributed by atoms with E-state index in [0.717, 1.165) is 0 Å². The quantitative estimate of drug-likeness (QED) is 0.0856. The number of carbonyl (C=O) groups is 5. The molecule has 7 rings (SSSR count). The Morgan fingerprint density at radius 2 is 1.44 bits per heavy atom. The standard InChI is InChI=1S/C46H50N4O13/c1-44(2,3)41(56)59-26-12-15-30-33(21-26)61-34-22-27(60-42(57)45(4,5)6)13-16-31(34)46(30)29-14-11-25(20-28(29)40(55)63-46)39(54)47-18-9-7-8-10-36(52)48-32-23-38(62-35(32)24-51)50-19-17-37(53)49-43(50)58/h11-17,19-22,32,35,38,51H,7-10,18,23-24H2,1-6H3,(H,47,54)(H,48,52)(H,49,53,58)/t32-,35+,38+/m0/s1. The molecule has 4 heterocycles. The van der Waals surface area contributed by atoms with Crippen LogP contribution in [0.25, 0.3) is 0 Å². The van der Waals surface area contributed by atoms with Crippen molar-refractivity contribution in [1.82, 2.24) is 20.2 Å². The van der Waals surface area contributed by atoms with Crippen molar-refractivity contribution in [3.05, 3.63) is 116 Å². The predicted molar refractivity (Wildman–Crippen MR) is 225 cm³/mol. The number of nitrogens with one attached hydrogen (secondary N) is 3. The average Bonchev–Trinajstić information content (AvgIpc) is 3.75. The SMILES string of the molecule is CC(C)(C)C(=O)Oc1ccc2c(c1)Oc1cc(OC(=O)C(C)(C)C)ccc1C21OC(=O)c2cc(C(=O)NCCCCCC(=O)N[C@H]3C[C@H](n4ccc(=O)[nH]c4=O)O[C@@H]3CO)ccc21. The van der Waals surface area contributed by atoms with Gasteiger partial charge in [-0.15, -0.1) is 0 Å². The van der Waals surface area contributed by atoms with Gasteiger partial charge in [0.25, 0.3) is 11.5 Å². The van der Waals surface area contributed by atoms with Gasteiger partial charge < -0.3 is 39.4 Å². The minimum Gasteiger partial charge on any atom is -0.456 e. The third-order valence-corrected chi connectivity index (χ3v) is 10.9. The molecule has 4 N–H and O–H groups in total. The summed E-state index contributed by atoms with van der Waals surface area (Å²) in [6.45, 7) is 10.3. The van der Waals surface area contributed by atoms with Crippen LogP contribution in [0, 0.1) is 10.8 Å². The van der Waals surface area contributed by atoms with Crippen LogP contribution in [0.4, 0.5) is 0 Å². The maximum Gasteiger partial charge on any atom is 0.340 e. The lowest BCUT2D eigenvalue weighted by atomic mass is 9.77. The fraction of sp³-hybridized carbons (Fsp3) is 0.413. The molecule has 1 spiro atoms. The lowest BCUT2D eigenvalue weighted by Gasteiger charge is -2.36. The van der Waals surface area contributed by atoms with Gasteiger partial charge in [-0.2, -0.15) is 0 Å². The number of aromatic nitrogens is 2. The van der Waals surface area contributed by atoms with Crippen LogP contribution >= 0.6 is 0 Å². The molecule has 1 saturated heterocycles. The molecule has 0 aliphatic carbocycles. The van der Waals surface area contributed by atoms with Gasteiger partial charge in [0, 0.05) is 66.0 Å². The van der Waals surface area contributed by atoms with Gasteiger partial charge in [0.05, 0.1) is 29.0 Å². The molecule has 3 aliphatic rings. The molecule has 2 amide bonds. The third-order valence-electron chi connectivity index (χ3n) is 10.9. The predicted octanol–water partition coefficient (Wildman–Crippen LogP) is 4.76. The number of amides is 2. The van der Waals surface area contributed by atoms with Crippen molar-refractivity contribution in [3.8, 4) is 23.0 Å². The number of rotatable bonds is 12. The topological polar surface area (TPSA) is 231 Å². The third kappa shape index (κ3) is 9.15. The molecule has 0 bridgehead atoms. The van der Waals surface area contributed by atoms with E-state index < -0.39 is 69.9 Å². The number of carbonyl (C=O) groups excluding carboxylic acids is 5. The van der Waals surface area contributed by atoms with Crippen molar-refractivity contribution in [3.63, 3.8) is 0 Å². The summed E-state index contributed by atoms with van der Waals surface area (Å²) in [5, 5.41) is 15.5. The molecular weight excluding hydrogens is 817 g/mol. The first kappa shape index (κ1) is 44.5. The van der Waals surface area contributed by atoms with Crippen molar-refractivity contribution in [2.75, 3.05) is 13.2 Å². The largest absolute Gasteiger partial charge is 0.456 e. The Kier molecular flexibility index (Phi) is 12.2. The van der Waals surface area contributed by atoms with Crippen molar-refractivity contribution in [1.29, 1.82) is 0 Å². The maximum atomic E-state index is 13.8. The lowest BCUT2D eigenvalue weighted by Crippen LogP contribution is -2.41. The summed E-state index contributed by atoms with van der Waals surface area (Å²) in [6.07, 6.45) is 1.90. The number of nitrogens with zero attached hydrogens (tertiary/aromatic N) is 1. The molecule has 3 aromatic carbocycles. The molecule has 3 aliphatic heterocycles. The molecule has 0 radical (unpaired) electrons. The molecule has 63 heavy (non-hydrogen) atoms. The van der Waals surface area contributed by atoms with Crippen LogP contribution in [0.3, 0.4) is 0 Å². The second kappa shape index (κ2) is 17.3. The second-order valence-electron chi connectivity index (χ2n) is 17.8. The van der Waals surface area contributed by atoms with E-state index in [1.54, 1.807) is 77.9 Å². The van der Waals surface area contributed by atoms with Crippen LogP contribution in [-0.2, 0) is 29.5 Å². The Balaban J connectivity index is 1.01. The fourth-order valence-electron chi connectivity index (χ4n) is 7.52. The number of aliphatic hydroxyl groups is 1. The number of hydrogen-bond donors (Lipinski definition) is 4. The number of hydrogen-bond acceptors (Lipinski definition) is 13. The summed E-state index contributed by atoms with van der Waals surface area (Å²) in [5.74, 6) is -1.41. The van der Waals surface area contributed by atoms with Crippen LogP contribution < -0.4 is 36.1 Å². The van der Waals surface area contributed by atoms with Crippen LogP contribution in [0.2, 0.25) is 0 Å². The molecule has 17 heteroatoms. The fourth-order valence-corrected chi connectivity index (χ4v) is 7.52. The lowest BCUT2D eigenvalue weighted by molar-refractivity contribution is -0.143. The van der Waals surface area contributed by atoms with Crippen molar-refractivity contribution in [2.24, 2.45) is 10.8 Å². The van der Waals surface area contributed by atoms with E-state index in [1.807, 2.05) is 0 Å². The summed E-state index contributed by atoms with van der Waals surface area (Å²) in [4.78, 5) is 91.3. The van der Waals surface area contributed by atoms with E-state index in [2.05, 4.69) is 15.6 Å². The van der Waals surface area contributed by atoms with E-state index in [0.29, 0.717) is 42.5 Å². The highest BCUT2D eigenvalue weighted by Gasteiger charge is 2.54. The summed E-state index contributed by atoms with van der Waals surface area (Å²) < 4.78 is 30.9. The molecule has 1 aromatic heterocycles. The van der Waals surface area contributed by atoms with E-state index in [-0.39, 0.29) is 59.5 Å². The first-order valence-corrected chi connectivity index (χ1v) is 20.7. The van der Waals surface area contributed by atoms with Gasteiger partial charge in [-0.1, -0.05) is 12.5 Å². The highest BCUT2D eigenvalue weighted by Crippen LogP contribution is 2.57. The molecule has 332 valence electrons. The summed E-state index contributed by atoms with van der Waals surface area (Å²) in [6, 6.07) is 14.9. The first-order chi connectivity index (χ1) is 29.8. The monoisotopic (exact) mass is 866 g/mol. The molecule has 3 atom stereocenters. The van der Waals surface area contributed by atoms with Gasteiger partial charge >= 0.3 is 23.6 Å². The van der Waals surface area contributed by atoms with Gasteiger partial charge in [-0.25, -0.2) is 9.59 Å². The molecule has 1 fully saturated rings. The summed E-state index contributed by atoms with van der Waals surface area (Å²) in [5.41, 5.74) is -2.60. The minimum atomic E-state index is -1.54. The zero-order valence-corrected chi connectivity index (χ0v) is 35.8. The number of H-pyrrole nitrogens is 1. The highest BCUT2D eigenvalue weighted by atomic mass is 16.6. The van der Waals surface area contributed by atoms with Gasteiger partial charge in [0.15, 0.2) is 5.60 Å². The van der Waals surface area contributed by atoms with Crippen molar-refractivity contribution < 1.29 is 52.8 Å². The summed E-state index contributed by atoms with van der Waals surface area (Å²) in [7, 11) is 0. The molecule has 0 saturated carbocycles. The number of aromatic amines is 1. The number of benzene rings is 3. The number of fused-ring (bicyclic) bond motifs is 6. The van der Waals surface area contributed by atoms with Crippen LogP contribution in [0.5, 0.6) is 23.0 Å². The number of unbranched alkanes of at least 4 members (excludes halogenated alkanes) is 2. The zero-order valence-electron chi connectivity index (χ0n) is 35.8. The maximum absolute atomic E-state index is 13.8. The average molecular weight is 867 g/mol. The van der Waals surface area contributed by atoms with Gasteiger partial charge in [-0.3, -0.25) is 33.5 Å². The second-order valence-corrected chi connectivity index (χ2v) is 17.8. The highest BCUT2D eigenvalue weighted by molar-refractivity contribution is 6.01. The summed E-state index contributed by atoms with van der Waals surface area (Å²) >= 11 is 0. The first-order valence-electron chi connectivity index (χ1n) is 20.7. The van der Waals surface area contributed by atoms with Gasteiger partial charge in [0.2, 0.25) is 5.91 Å². The number of ether oxygens (including phenoxy) is 5. The molecule has 17 nitrogen and oxygen atoms in total. The Morgan fingerprint density at radius 1 is 0.825 bits per heavy atom. The molecule has 4 aromatic rings. The number of aliphatic hydroxyl groups excluding tert-OH is 1. The normalized spacial score (nSPS) is 18.3. The Morgan fingerprint density at radius 3 is 2.03 bits per heavy atom. The van der Waals surface area contributed by atoms with Gasteiger partial charge in [0.1, 0.15) is 35.3 Å². The smallest absolute Gasteiger partial charge is 0.340 e. The van der Waals surface area contributed by atoms with Gasteiger partial charge in [-0.05, 0) is 90.8 Å². The van der Waals surface area contributed by atoms with E-state index in [9.17, 15) is 38.7 Å². The molecular formula is C46H50N4O13. The Bertz CT molecular complexity index is 2520. The zero-order chi connectivity index (χ0) is 45.4. The van der Waals surface area contributed by atoms with E-state index in [4.69, 9.17) is 23.7 Å². The minimum absolute atomic E-state index is 0.159. The van der Waals surface area contributed by atoms with Crippen LogP contribution in [0.1, 0.15) is 117 Å². The number of esters is 3.